The van der Waals surface area contributed by atoms with Crippen LogP contribution in [0.1, 0.15) is 53.5 Å². The van der Waals surface area contributed by atoms with Crippen molar-refractivity contribution < 1.29 is 18.7 Å². The molecule has 1 unspecified atom stereocenters. The number of alkyl halides is 1. The van der Waals surface area contributed by atoms with Gasteiger partial charge in [-0.25, -0.2) is 13.8 Å². The first-order chi connectivity index (χ1) is 14.3. The van der Waals surface area contributed by atoms with E-state index in [1.54, 1.807) is 35.7 Å². The summed E-state index contributed by atoms with van der Waals surface area (Å²) in [6, 6.07) is 8.62. The van der Waals surface area contributed by atoms with Crippen LogP contribution in [0, 0.1) is 12.7 Å². The first-order valence-corrected chi connectivity index (χ1v) is 10.2. The summed E-state index contributed by atoms with van der Waals surface area (Å²) >= 11 is 6.20. The van der Waals surface area contributed by atoms with E-state index in [-0.39, 0.29) is 36.3 Å². The Balaban J connectivity index is 1.75. The molecule has 1 aliphatic rings. The van der Waals surface area contributed by atoms with Crippen LogP contribution in [-0.4, -0.2) is 32.2 Å². The summed E-state index contributed by atoms with van der Waals surface area (Å²) in [7, 11) is 0. The molecular formula is C22H22ClF2N3O2. The molecule has 0 spiro atoms. The minimum atomic E-state index is -1.45. The number of rotatable bonds is 4. The van der Waals surface area contributed by atoms with E-state index < -0.39 is 29.5 Å². The van der Waals surface area contributed by atoms with Crippen molar-refractivity contribution in [1.29, 1.82) is 0 Å². The lowest BCUT2D eigenvalue weighted by atomic mass is 9.76. The smallest absolute Gasteiger partial charge is 0.270 e. The van der Waals surface area contributed by atoms with Crippen LogP contribution in [-0.2, 0) is 0 Å². The standard InChI is InChI=1S/C22H22ClF2N3O2/c1-13-19(28-12-3-2-7-17(28)26-13)21(29)27-20(15-5-4-6-16(25)18(15)23)22(30)10-8-14(24)9-11-22/h2-7,12,14,20,30H,8-11H2,1H3,(H,27,29)/t14-,20?,22-. The minimum Gasteiger partial charge on any atom is -0.387 e. The Morgan fingerprint density at radius 3 is 2.77 bits per heavy atom. The normalized spacial score (nSPS) is 22.8. The van der Waals surface area contributed by atoms with E-state index in [0.29, 0.717) is 17.0 Å². The summed E-state index contributed by atoms with van der Waals surface area (Å²) in [5.41, 5.74) is 0.242. The molecule has 8 heteroatoms. The van der Waals surface area contributed by atoms with E-state index in [1.165, 1.54) is 12.1 Å². The zero-order valence-electron chi connectivity index (χ0n) is 16.4. The highest BCUT2D eigenvalue weighted by atomic mass is 35.5. The van der Waals surface area contributed by atoms with Gasteiger partial charge in [0.05, 0.1) is 22.4 Å². The van der Waals surface area contributed by atoms with Crippen molar-refractivity contribution in [2.75, 3.05) is 0 Å². The van der Waals surface area contributed by atoms with Gasteiger partial charge in [0, 0.05) is 6.20 Å². The van der Waals surface area contributed by atoms with Crippen molar-refractivity contribution in [3.05, 3.63) is 70.4 Å². The van der Waals surface area contributed by atoms with Crippen LogP contribution in [0.4, 0.5) is 8.78 Å². The highest BCUT2D eigenvalue weighted by Crippen LogP contribution is 2.42. The number of pyridine rings is 1. The van der Waals surface area contributed by atoms with Gasteiger partial charge in [0.25, 0.3) is 5.91 Å². The molecule has 1 amide bonds. The largest absolute Gasteiger partial charge is 0.387 e. The number of imidazole rings is 1. The van der Waals surface area contributed by atoms with Crippen molar-refractivity contribution in [3.8, 4) is 0 Å². The number of amides is 1. The topological polar surface area (TPSA) is 66.6 Å². The number of halogens is 3. The van der Waals surface area contributed by atoms with Gasteiger partial charge in [-0.1, -0.05) is 29.8 Å². The van der Waals surface area contributed by atoms with Crippen molar-refractivity contribution >= 4 is 23.2 Å². The number of carbonyl (C=O) groups excluding carboxylic acids is 1. The summed E-state index contributed by atoms with van der Waals surface area (Å²) < 4.78 is 29.6. The Morgan fingerprint density at radius 1 is 1.30 bits per heavy atom. The Labute approximate surface area is 177 Å². The Kier molecular flexibility index (Phi) is 5.51. The molecule has 158 valence electrons. The number of aliphatic hydroxyl groups is 1. The zero-order valence-corrected chi connectivity index (χ0v) is 17.2. The van der Waals surface area contributed by atoms with E-state index >= 15 is 0 Å². The van der Waals surface area contributed by atoms with Crippen molar-refractivity contribution in [1.82, 2.24) is 14.7 Å². The molecule has 2 aromatic heterocycles. The SMILES string of the molecule is Cc1nc2ccccn2c1C(=O)NC(c1cccc(F)c1Cl)[C@]1(O)CC[C@H](F)CC1. The lowest BCUT2D eigenvalue weighted by molar-refractivity contribution is -0.0446. The second-order valence-corrected chi connectivity index (χ2v) is 8.18. The van der Waals surface area contributed by atoms with Crippen LogP contribution in [0.2, 0.25) is 5.02 Å². The van der Waals surface area contributed by atoms with Gasteiger partial charge in [-0.2, -0.15) is 0 Å². The number of carbonyl (C=O) groups is 1. The summed E-state index contributed by atoms with van der Waals surface area (Å²) in [5, 5.41) is 14.0. The van der Waals surface area contributed by atoms with Gasteiger partial charge in [0.15, 0.2) is 0 Å². The summed E-state index contributed by atoms with van der Waals surface area (Å²) in [4.78, 5) is 17.7. The van der Waals surface area contributed by atoms with Crippen molar-refractivity contribution in [2.45, 2.75) is 50.4 Å². The molecule has 1 atom stereocenters. The molecular weight excluding hydrogens is 412 g/mol. The fourth-order valence-corrected chi connectivity index (χ4v) is 4.44. The minimum absolute atomic E-state index is 0.123. The lowest BCUT2D eigenvalue weighted by Gasteiger charge is -2.41. The van der Waals surface area contributed by atoms with Gasteiger partial charge in [0.2, 0.25) is 0 Å². The summed E-state index contributed by atoms with van der Waals surface area (Å²) in [6.07, 6.45) is 1.27. The Morgan fingerprint density at radius 2 is 2.03 bits per heavy atom. The maximum atomic E-state index is 14.2. The van der Waals surface area contributed by atoms with Gasteiger partial charge in [0.1, 0.15) is 23.3 Å². The van der Waals surface area contributed by atoms with Crippen molar-refractivity contribution in [2.24, 2.45) is 0 Å². The van der Waals surface area contributed by atoms with Gasteiger partial charge >= 0.3 is 0 Å². The summed E-state index contributed by atoms with van der Waals surface area (Å²) in [6.45, 7) is 1.72. The fourth-order valence-electron chi connectivity index (χ4n) is 4.20. The second kappa shape index (κ2) is 7.96. The van der Waals surface area contributed by atoms with Gasteiger partial charge in [-0.05, 0) is 56.4 Å². The number of nitrogens with one attached hydrogen (secondary N) is 1. The molecule has 2 N–H and O–H groups in total. The summed E-state index contributed by atoms with van der Waals surface area (Å²) in [5.74, 6) is -1.13. The number of aryl methyl sites for hydroxylation is 1. The monoisotopic (exact) mass is 433 g/mol. The quantitative estimate of drug-likeness (QED) is 0.634. The van der Waals surface area contributed by atoms with Crippen LogP contribution in [0.3, 0.4) is 0 Å². The molecule has 5 nitrogen and oxygen atoms in total. The second-order valence-electron chi connectivity index (χ2n) is 7.80. The molecule has 2 heterocycles. The average molecular weight is 434 g/mol. The third-order valence-corrected chi connectivity index (χ3v) is 6.20. The zero-order chi connectivity index (χ0) is 21.5. The number of benzene rings is 1. The number of aromatic nitrogens is 2. The predicted molar refractivity (Wildman–Crippen MR) is 110 cm³/mol. The number of nitrogens with zero attached hydrogens (tertiary/aromatic N) is 2. The first-order valence-electron chi connectivity index (χ1n) is 9.85. The van der Waals surface area contributed by atoms with Crippen LogP contribution < -0.4 is 5.32 Å². The molecule has 30 heavy (non-hydrogen) atoms. The maximum Gasteiger partial charge on any atom is 0.270 e. The fraction of sp³-hybridized carbons (Fsp3) is 0.364. The van der Waals surface area contributed by atoms with Crippen molar-refractivity contribution in [3.63, 3.8) is 0 Å². The third-order valence-electron chi connectivity index (χ3n) is 5.81. The van der Waals surface area contributed by atoms with Crippen LogP contribution in [0.15, 0.2) is 42.6 Å². The van der Waals surface area contributed by atoms with E-state index in [2.05, 4.69) is 10.3 Å². The van der Waals surface area contributed by atoms with Crippen LogP contribution >= 0.6 is 11.6 Å². The van der Waals surface area contributed by atoms with Gasteiger partial charge in [-0.15, -0.1) is 0 Å². The molecule has 0 aliphatic heterocycles. The molecule has 0 bridgehead atoms. The highest BCUT2D eigenvalue weighted by molar-refractivity contribution is 6.31. The third kappa shape index (κ3) is 3.68. The maximum absolute atomic E-state index is 14.2. The molecule has 4 rings (SSSR count). The molecule has 1 aromatic carbocycles. The predicted octanol–water partition coefficient (Wildman–Crippen LogP) is 4.55. The Hall–Kier alpha value is -2.51. The van der Waals surface area contributed by atoms with E-state index in [9.17, 15) is 18.7 Å². The molecule has 1 fully saturated rings. The molecule has 1 saturated carbocycles. The van der Waals surface area contributed by atoms with Gasteiger partial charge in [-0.3, -0.25) is 9.20 Å². The van der Waals surface area contributed by atoms with E-state index in [0.717, 1.165) is 0 Å². The lowest BCUT2D eigenvalue weighted by Crippen LogP contribution is -2.49. The number of hydrogen-bond acceptors (Lipinski definition) is 3. The molecule has 0 radical (unpaired) electrons. The van der Waals surface area contributed by atoms with E-state index in [4.69, 9.17) is 11.6 Å². The number of hydrogen-bond donors (Lipinski definition) is 2. The average Bonchev–Trinajstić information content (AvgIpc) is 3.06. The van der Waals surface area contributed by atoms with Crippen LogP contribution in [0.25, 0.3) is 5.65 Å². The Bertz CT molecular complexity index is 1090. The number of fused-ring (bicyclic) bond motifs is 1. The molecule has 0 saturated heterocycles. The molecule has 3 aromatic rings. The highest BCUT2D eigenvalue weighted by Gasteiger charge is 2.43. The van der Waals surface area contributed by atoms with E-state index in [1.807, 2.05) is 6.07 Å². The van der Waals surface area contributed by atoms with Crippen LogP contribution in [0.5, 0.6) is 0 Å². The van der Waals surface area contributed by atoms with Gasteiger partial charge < -0.3 is 10.4 Å². The molecule has 1 aliphatic carbocycles. The first kappa shape index (κ1) is 20.8.